The molecule has 4 nitrogen and oxygen atoms in total. The maximum Gasteiger partial charge on any atom is 0.408 e. The van der Waals surface area contributed by atoms with Crippen LogP contribution < -0.4 is 5.32 Å². The number of alkyl halides is 2. The standard InChI is InChI=1S/C11H14F2N2O2/c1-8(2,3)17-7(16)15-10-4-9(5-10,6-14)11(10,12)13/h4-5H2,1-3H3,(H,15,16). The first-order valence-corrected chi connectivity index (χ1v) is 5.38. The zero-order chi connectivity index (χ0) is 13.1. The van der Waals surface area contributed by atoms with Gasteiger partial charge in [0.15, 0.2) is 0 Å². The van der Waals surface area contributed by atoms with E-state index in [0.29, 0.717) is 0 Å². The lowest BCUT2D eigenvalue weighted by atomic mass is 9.37. The van der Waals surface area contributed by atoms with Crippen LogP contribution in [0.1, 0.15) is 33.6 Å². The summed E-state index contributed by atoms with van der Waals surface area (Å²) < 4.78 is 32.1. The van der Waals surface area contributed by atoms with E-state index in [0.717, 1.165) is 0 Å². The molecule has 3 saturated carbocycles. The van der Waals surface area contributed by atoms with Gasteiger partial charge in [0.05, 0.1) is 6.07 Å². The third kappa shape index (κ3) is 1.34. The third-order valence-electron chi connectivity index (χ3n) is 3.36. The molecule has 3 rings (SSSR count). The minimum Gasteiger partial charge on any atom is -0.444 e. The van der Waals surface area contributed by atoms with E-state index >= 15 is 0 Å². The highest BCUT2D eigenvalue weighted by molar-refractivity contribution is 5.71. The summed E-state index contributed by atoms with van der Waals surface area (Å²) in [5, 5.41) is 10.9. The summed E-state index contributed by atoms with van der Waals surface area (Å²) in [6, 6.07) is 1.64. The van der Waals surface area contributed by atoms with Crippen LogP contribution in [0.4, 0.5) is 13.6 Å². The number of carbonyl (C=O) groups is 1. The SMILES string of the molecule is CC(C)(C)OC(=O)NC12CC(C#N)(C1)C2(F)F. The van der Waals surface area contributed by atoms with Crippen molar-refractivity contribution < 1.29 is 18.3 Å². The number of halogens is 2. The Labute approximate surface area is 97.9 Å². The van der Waals surface area contributed by atoms with Crippen molar-refractivity contribution in [3.63, 3.8) is 0 Å². The Morgan fingerprint density at radius 2 is 1.94 bits per heavy atom. The Morgan fingerprint density at radius 1 is 1.41 bits per heavy atom. The summed E-state index contributed by atoms with van der Waals surface area (Å²) >= 11 is 0. The Hall–Kier alpha value is -1.38. The zero-order valence-corrected chi connectivity index (χ0v) is 9.93. The molecule has 17 heavy (non-hydrogen) atoms. The predicted molar refractivity (Wildman–Crippen MR) is 54.3 cm³/mol. The molecule has 0 unspecified atom stereocenters. The van der Waals surface area contributed by atoms with Crippen molar-refractivity contribution >= 4 is 6.09 Å². The van der Waals surface area contributed by atoms with Crippen LogP contribution in [0.2, 0.25) is 0 Å². The van der Waals surface area contributed by atoms with E-state index < -0.39 is 28.6 Å². The lowest BCUT2D eigenvalue weighted by molar-refractivity contribution is -0.344. The zero-order valence-electron chi connectivity index (χ0n) is 9.93. The van der Waals surface area contributed by atoms with E-state index in [9.17, 15) is 13.6 Å². The quantitative estimate of drug-likeness (QED) is 0.769. The maximum atomic E-state index is 13.6. The topological polar surface area (TPSA) is 62.1 Å². The summed E-state index contributed by atoms with van der Waals surface area (Å²) in [6.07, 6.45) is -0.853. The number of nitrogens with zero attached hydrogens (tertiary/aromatic N) is 1. The second-order valence-electron chi connectivity index (χ2n) is 5.83. The molecular formula is C11H14F2N2O2. The molecule has 0 aromatic heterocycles. The number of rotatable bonds is 1. The van der Waals surface area contributed by atoms with Crippen molar-refractivity contribution in [1.82, 2.24) is 5.32 Å². The minimum absolute atomic E-state index is 0.00272. The van der Waals surface area contributed by atoms with Crippen molar-refractivity contribution in [3.8, 4) is 6.07 Å². The second kappa shape index (κ2) is 2.89. The molecule has 2 bridgehead atoms. The fraction of sp³-hybridized carbons (Fsp3) is 0.818. The lowest BCUT2D eigenvalue weighted by Gasteiger charge is -2.71. The average Bonchev–Trinajstić information content (AvgIpc) is 2.07. The number of nitriles is 1. The number of alkyl carbamates (subject to hydrolysis) is 1. The molecule has 0 aliphatic heterocycles. The van der Waals surface area contributed by atoms with Crippen LogP contribution in [0, 0.1) is 16.7 Å². The number of ether oxygens (including phenoxy) is 1. The highest BCUT2D eigenvalue weighted by atomic mass is 19.3. The van der Waals surface area contributed by atoms with E-state index in [1.807, 2.05) is 0 Å². The van der Waals surface area contributed by atoms with Gasteiger partial charge in [-0.15, -0.1) is 0 Å². The molecule has 94 valence electrons. The van der Waals surface area contributed by atoms with Crippen molar-refractivity contribution in [2.45, 2.75) is 50.7 Å². The van der Waals surface area contributed by atoms with Gasteiger partial charge in [-0.2, -0.15) is 5.26 Å². The van der Waals surface area contributed by atoms with E-state index in [1.54, 1.807) is 26.8 Å². The first-order chi connectivity index (χ1) is 7.58. The highest BCUT2D eigenvalue weighted by Gasteiger charge is 2.90. The maximum absolute atomic E-state index is 13.6. The van der Waals surface area contributed by atoms with E-state index in [-0.39, 0.29) is 12.8 Å². The Bertz CT molecular complexity index is 414. The Morgan fingerprint density at radius 3 is 2.29 bits per heavy atom. The van der Waals surface area contributed by atoms with Gasteiger partial charge in [0, 0.05) is 12.8 Å². The van der Waals surface area contributed by atoms with E-state index in [1.165, 1.54) is 0 Å². The lowest BCUT2D eigenvalue weighted by Crippen LogP contribution is -2.88. The van der Waals surface area contributed by atoms with Crippen LogP contribution in [0.25, 0.3) is 0 Å². The summed E-state index contributed by atoms with van der Waals surface area (Å²) in [7, 11) is 0. The smallest absolute Gasteiger partial charge is 0.408 e. The molecule has 1 amide bonds. The van der Waals surface area contributed by atoms with Crippen molar-refractivity contribution in [1.29, 1.82) is 5.26 Å². The summed E-state index contributed by atoms with van der Waals surface area (Å²) in [5.74, 6) is -3.15. The molecule has 0 saturated heterocycles. The molecule has 0 aromatic rings. The van der Waals surface area contributed by atoms with Gasteiger partial charge in [-0.1, -0.05) is 0 Å². The molecule has 3 aliphatic carbocycles. The highest BCUT2D eigenvalue weighted by Crippen LogP contribution is 2.75. The average molecular weight is 244 g/mol. The molecule has 3 fully saturated rings. The molecule has 0 radical (unpaired) electrons. The molecular weight excluding hydrogens is 230 g/mol. The van der Waals surface area contributed by atoms with Crippen molar-refractivity contribution in [3.05, 3.63) is 0 Å². The summed E-state index contributed by atoms with van der Waals surface area (Å²) in [6.45, 7) is 4.97. The van der Waals surface area contributed by atoms with Gasteiger partial charge in [-0.3, -0.25) is 0 Å². The number of hydrogen-bond acceptors (Lipinski definition) is 3. The van der Waals surface area contributed by atoms with Crippen molar-refractivity contribution in [2.24, 2.45) is 5.41 Å². The van der Waals surface area contributed by atoms with Crippen LogP contribution in [0.3, 0.4) is 0 Å². The fourth-order valence-corrected chi connectivity index (χ4v) is 2.48. The molecule has 6 heteroatoms. The van der Waals surface area contributed by atoms with Gasteiger partial charge in [-0.25, -0.2) is 13.6 Å². The van der Waals surface area contributed by atoms with E-state index in [4.69, 9.17) is 10.00 Å². The summed E-state index contributed by atoms with van der Waals surface area (Å²) in [4.78, 5) is 11.4. The van der Waals surface area contributed by atoms with Gasteiger partial charge in [0.2, 0.25) is 0 Å². The second-order valence-corrected chi connectivity index (χ2v) is 5.83. The van der Waals surface area contributed by atoms with Crippen LogP contribution >= 0.6 is 0 Å². The largest absolute Gasteiger partial charge is 0.444 e. The minimum atomic E-state index is -3.15. The van der Waals surface area contributed by atoms with Gasteiger partial charge in [0.25, 0.3) is 5.92 Å². The van der Waals surface area contributed by atoms with Gasteiger partial charge < -0.3 is 10.1 Å². The number of hydrogen-bond donors (Lipinski definition) is 1. The van der Waals surface area contributed by atoms with Crippen LogP contribution in [-0.4, -0.2) is 23.2 Å². The normalized spacial score (nSPS) is 37.2. The molecule has 1 N–H and O–H groups in total. The molecule has 0 aromatic carbocycles. The number of nitrogens with one attached hydrogen (secondary N) is 1. The van der Waals surface area contributed by atoms with Crippen molar-refractivity contribution in [2.75, 3.05) is 0 Å². The van der Waals surface area contributed by atoms with Crippen LogP contribution in [0.5, 0.6) is 0 Å². The van der Waals surface area contributed by atoms with Gasteiger partial charge >= 0.3 is 6.09 Å². The predicted octanol–water partition coefficient (Wildman–Crippen LogP) is 2.20. The summed E-state index contributed by atoms with van der Waals surface area (Å²) in [5.41, 5.74) is -3.86. The van der Waals surface area contributed by atoms with Crippen LogP contribution in [0.15, 0.2) is 0 Å². The molecule has 0 spiro atoms. The number of carbonyl (C=O) groups excluding carboxylic acids is 1. The molecule has 0 heterocycles. The Balaban J connectivity index is 2.00. The first kappa shape index (κ1) is 12.1. The van der Waals surface area contributed by atoms with Gasteiger partial charge in [0.1, 0.15) is 16.6 Å². The number of amides is 1. The van der Waals surface area contributed by atoms with Gasteiger partial charge in [-0.05, 0) is 20.8 Å². The third-order valence-corrected chi connectivity index (χ3v) is 3.36. The monoisotopic (exact) mass is 244 g/mol. The Kier molecular flexibility index (Phi) is 2.06. The van der Waals surface area contributed by atoms with Crippen LogP contribution in [-0.2, 0) is 4.74 Å². The fourth-order valence-electron chi connectivity index (χ4n) is 2.48. The first-order valence-electron chi connectivity index (χ1n) is 5.38. The van der Waals surface area contributed by atoms with E-state index in [2.05, 4.69) is 5.32 Å². The molecule has 0 atom stereocenters. The molecule has 3 aliphatic rings.